The molecule has 0 aliphatic rings. The van der Waals surface area contributed by atoms with Gasteiger partial charge in [0.15, 0.2) is 6.04 Å². The Morgan fingerprint density at radius 2 is 1.30 bits per heavy atom. The summed E-state index contributed by atoms with van der Waals surface area (Å²) in [6, 6.07) is -1.55. The van der Waals surface area contributed by atoms with Crippen molar-refractivity contribution < 1.29 is 47.8 Å². The quantitative estimate of drug-likeness (QED) is 0.0404. The number of ether oxygens (including phenoxy) is 1. The highest BCUT2D eigenvalue weighted by atomic mass is 31.2. The first-order valence-corrected chi connectivity index (χ1v) is 16.3. The van der Waals surface area contributed by atoms with Crippen molar-refractivity contribution in [3.05, 3.63) is 60.8 Å². The summed E-state index contributed by atoms with van der Waals surface area (Å²) in [6.07, 6.45) is 28.5. The Morgan fingerprint density at radius 1 is 0.767 bits per heavy atom. The van der Waals surface area contributed by atoms with Crippen molar-refractivity contribution in [3.8, 4) is 0 Å². The van der Waals surface area contributed by atoms with Gasteiger partial charge >= 0.3 is 19.8 Å². The third-order valence-corrected chi connectivity index (χ3v) is 6.59. The third kappa shape index (κ3) is 26.5. The molecule has 0 saturated carbocycles. The molecule has 244 valence electrons. The highest BCUT2D eigenvalue weighted by Gasteiger charge is 2.28. The van der Waals surface area contributed by atoms with E-state index < -0.39 is 57.6 Å². The van der Waals surface area contributed by atoms with Gasteiger partial charge in [-0.3, -0.25) is 18.6 Å². The van der Waals surface area contributed by atoms with Crippen LogP contribution in [0.25, 0.3) is 0 Å². The predicted molar refractivity (Wildman–Crippen MR) is 166 cm³/mol. The fraction of sp³-hybridized carbons (Fsp3) is 0.581. The lowest BCUT2D eigenvalue weighted by molar-refractivity contribution is -0.147. The average Bonchev–Trinajstić information content (AvgIpc) is 2.98. The van der Waals surface area contributed by atoms with E-state index in [9.17, 15) is 28.9 Å². The molecule has 0 aromatic rings. The van der Waals surface area contributed by atoms with Crippen LogP contribution in [0.5, 0.6) is 0 Å². The molecule has 0 aromatic heterocycles. The molecule has 3 unspecified atom stereocenters. The molecule has 11 nitrogen and oxygen atoms in total. The molecule has 0 radical (unpaired) electrons. The smallest absolute Gasteiger partial charge is 0.472 e. The second-order valence-electron chi connectivity index (χ2n) is 9.52. The predicted octanol–water partition coefficient (Wildman–Crippen LogP) is 5.71. The van der Waals surface area contributed by atoms with E-state index in [-0.39, 0.29) is 12.8 Å². The maximum atomic E-state index is 11.9. The van der Waals surface area contributed by atoms with Crippen LogP contribution in [0.1, 0.15) is 84.5 Å². The summed E-state index contributed by atoms with van der Waals surface area (Å²) in [7, 11) is -4.72. The molecule has 1 amide bonds. The first-order chi connectivity index (χ1) is 20.6. The number of aliphatic hydroxyl groups is 1. The van der Waals surface area contributed by atoms with Gasteiger partial charge < -0.3 is 25.2 Å². The number of esters is 1. The number of nitrogens with one attached hydrogen (secondary N) is 1. The van der Waals surface area contributed by atoms with E-state index in [1.54, 1.807) is 0 Å². The lowest BCUT2D eigenvalue weighted by Gasteiger charge is -2.18. The Kier molecular flexibility index (Phi) is 25.0. The SMILES string of the molecule is CC/C=C\C/C=C\C/C=C\C/C=C\C/C=C\CCCCCC(=O)OCC(O)COP(=O)(O)OCC(NC(=O)CC)C(=O)O. The zero-order valence-electron chi connectivity index (χ0n) is 25.5. The maximum Gasteiger partial charge on any atom is 0.472 e. The van der Waals surface area contributed by atoms with Crippen molar-refractivity contribution >= 4 is 25.7 Å². The number of phosphoric ester groups is 1. The van der Waals surface area contributed by atoms with Crippen LogP contribution in [0.4, 0.5) is 0 Å². The first-order valence-electron chi connectivity index (χ1n) is 14.8. The van der Waals surface area contributed by atoms with E-state index in [1.165, 1.54) is 6.92 Å². The molecule has 0 spiro atoms. The van der Waals surface area contributed by atoms with Crippen LogP contribution < -0.4 is 5.32 Å². The summed E-state index contributed by atoms with van der Waals surface area (Å²) in [4.78, 5) is 44.0. The van der Waals surface area contributed by atoms with Gasteiger partial charge in [0.05, 0.1) is 13.2 Å². The Balaban J connectivity index is 3.88. The minimum absolute atomic E-state index is 0.0209. The zero-order chi connectivity index (χ0) is 32.2. The lowest BCUT2D eigenvalue weighted by Crippen LogP contribution is -2.43. The number of carboxylic acids is 1. The molecule has 0 fully saturated rings. The summed E-state index contributed by atoms with van der Waals surface area (Å²) >= 11 is 0. The molecule has 4 N–H and O–H groups in total. The van der Waals surface area contributed by atoms with E-state index in [4.69, 9.17) is 9.84 Å². The number of hydrogen-bond donors (Lipinski definition) is 4. The molecular weight excluding hydrogens is 577 g/mol. The number of phosphoric acid groups is 1. The highest BCUT2D eigenvalue weighted by molar-refractivity contribution is 7.47. The van der Waals surface area contributed by atoms with Crippen LogP contribution in [0.15, 0.2) is 60.8 Å². The van der Waals surface area contributed by atoms with Crippen molar-refractivity contribution in [2.75, 3.05) is 19.8 Å². The molecule has 0 aromatic carbocycles. The van der Waals surface area contributed by atoms with Gasteiger partial charge in [-0.1, -0.05) is 81.0 Å². The lowest BCUT2D eigenvalue weighted by atomic mass is 10.1. The van der Waals surface area contributed by atoms with Gasteiger partial charge in [-0.2, -0.15) is 0 Å². The van der Waals surface area contributed by atoms with E-state index in [2.05, 4.69) is 82.0 Å². The molecule has 43 heavy (non-hydrogen) atoms. The number of rotatable bonds is 26. The summed E-state index contributed by atoms with van der Waals surface area (Å²) in [5.74, 6) is -2.54. The number of amides is 1. The number of allylic oxidation sites excluding steroid dienone is 10. The van der Waals surface area contributed by atoms with Gasteiger partial charge in [-0.25, -0.2) is 9.36 Å². The highest BCUT2D eigenvalue weighted by Crippen LogP contribution is 2.43. The molecule has 12 heteroatoms. The second-order valence-corrected chi connectivity index (χ2v) is 11.0. The number of carbonyl (C=O) groups is 3. The van der Waals surface area contributed by atoms with Gasteiger partial charge in [-0.15, -0.1) is 0 Å². The second kappa shape index (κ2) is 26.8. The zero-order valence-corrected chi connectivity index (χ0v) is 26.4. The molecule has 0 heterocycles. The van der Waals surface area contributed by atoms with Gasteiger partial charge in [0.2, 0.25) is 5.91 Å². The largest absolute Gasteiger partial charge is 0.480 e. The Hall–Kier alpha value is -2.82. The van der Waals surface area contributed by atoms with Crippen LogP contribution in [-0.2, 0) is 32.7 Å². The number of hydrogen-bond acceptors (Lipinski definition) is 8. The number of aliphatic hydroxyl groups excluding tert-OH is 1. The third-order valence-electron chi connectivity index (χ3n) is 5.63. The van der Waals surface area contributed by atoms with Crippen LogP contribution in [0.3, 0.4) is 0 Å². The summed E-state index contributed by atoms with van der Waals surface area (Å²) in [5, 5.41) is 21.0. The molecule has 0 saturated heterocycles. The van der Waals surface area contributed by atoms with Gasteiger partial charge in [0.25, 0.3) is 0 Å². The molecule has 0 aliphatic carbocycles. The van der Waals surface area contributed by atoms with E-state index in [0.717, 1.165) is 51.4 Å². The molecule has 0 bridgehead atoms. The van der Waals surface area contributed by atoms with E-state index >= 15 is 0 Å². The minimum Gasteiger partial charge on any atom is -0.480 e. The summed E-state index contributed by atoms with van der Waals surface area (Å²) in [6.45, 7) is 1.69. The number of carboxylic acid groups (broad SMARTS) is 1. The van der Waals surface area contributed by atoms with Crippen molar-refractivity contribution in [2.24, 2.45) is 0 Å². The number of carbonyl (C=O) groups excluding carboxylic acids is 2. The van der Waals surface area contributed by atoms with Crippen LogP contribution in [0, 0.1) is 0 Å². The Bertz CT molecular complexity index is 974. The van der Waals surface area contributed by atoms with E-state index in [0.29, 0.717) is 6.42 Å². The van der Waals surface area contributed by atoms with Crippen molar-refractivity contribution in [1.82, 2.24) is 5.32 Å². The standard InChI is InChI=1S/C31H50NO10P/c1-3-5-6-7-8-9-10-11-12-13-14-15-16-17-18-19-20-21-22-23-30(35)40-24-27(33)25-41-43(38,39)42-26-28(31(36)37)32-29(34)4-2/h5-6,8-9,11-12,14-15,17-18,27-28,33H,3-4,7,10,13,16,19-26H2,1-2H3,(H,32,34)(H,36,37)(H,38,39)/b6-5-,9-8-,12-11-,15-14-,18-17-. The van der Waals surface area contributed by atoms with Crippen LogP contribution >= 0.6 is 7.82 Å². The van der Waals surface area contributed by atoms with Gasteiger partial charge in [0, 0.05) is 12.8 Å². The normalized spacial score (nSPS) is 15.1. The molecule has 0 rings (SSSR count). The van der Waals surface area contributed by atoms with Crippen molar-refractivity contribution in [1.29, 1.82) is 0 Å². The number of unbranched alkanes of at least 4 members (excludes halogenated alkanes) is 3. The Morgan fingerprint density at radius 3 is 1.84 bits per heavy atom. The summed E-state index contributed by atoms with van der Waals surface area (Å²) < 4.78 is 26.1. The van der Waals surface area contributed by atoms with E-state index in [1.807, 2.05) is 0 Å². The first kappa shape index (κ1) is 40.2. The minimum atomic E-state index is -4.72. The Labute approximate surface area is 256 Å². The monoisotopic (exact) mass is 627 g/mol. The van der Waals surface area contributed by atoms with Crippen LogP contribution in [0.2, 0.25) is 0 Å². The molecular formula is C31H50NO10P. The fourth-order valence-electron chi connectivity index (χ4n) is 3.24. The number of aliphatic carboxylic acids is 1. The topological polar surface area (TPSA) is 169 Å². The summed E-state index contributed by atoms with van der Waals surface area (Å²) in [5.41, 5.74) is 0. The molecule has 3 atom stereocenters. The van der Waals surface area contributed by atoms with Crippen molar-refractivity contribution in [2.45, 2.75) is 96.6 Å². The van der Waals surface area contributed by atoms with Crippen LogP contribution in [-0.4, -0.2) is 64.9 Å². The average molecular weight is 628 g/mol. The molecule has 0 aliphatic heterocycles. The van der Waals surface area contributed by atoms with Crippen molar-refractivity contribution in [3.63, 3.8) is 0 Å². The van der Waals surface area contributed by atoms with Gasteiger partial charge in [-0.05, 0) is 51.4 Å². The van der Waals surface area contributed by atoms with Gasteiger partial charge in [0.1, 0.15) is 12.7 Å². The fourth-order valence-corrected chi connectivity index (χ4v) is 4.02. The maximum absolute atomic E-state index is 11.9.